The summed E-state index contributed by atoms with van der Waals surface area (Å²) in [6, 6.07) is 8.23. The number of hydrogen-bond acceptors (Lipinski definition) is 6. The van der Waals surface area contributed by atoms with Crippen LogP contribution in [0.2, 0.25) is 0 Å². The summed E-state index contributed by atoms with van der Waals surface area (Å²) < 4.78 is 1.89. The lowest BCUT2D eigenvalue weighted by atomic mass is 9.96. The van der Waals surface area contributed by atoms with E-state index in [1.54, 1.807) is 0 Å². The van der Waals surface area contributed by atoms with Crippen molar-refractivity contribution in [1.82, 2.24) is 29.7 Å². The van der Waals surface area contributed by atoms with Crippen molar-refractivity contribution < 1.29 is 0 Å². The fourth-order valence-electron chi connectivity index (χ4n) is 3.30. The molecular weight excluding hydrogens is 326 g/mol. The van der Waals surface area contributed by atoms with Gasteiger partial charge in [-0.25, -0.2) is 0 Å². The molecular formula is C19H25N7. The molecule has 1 saturated heterocycles. The van der Waals surface area contributed by atoms with Crippen molar-refractivity contribution in [1.29, 1.82) is 0 Å². The van der Waals surface area contributed by atoms with E-state index in [2.05, 4.69) is 64.0 Å². The zero-order chi connectivity index (χ0) is 18.1. The van der Waals surface area contributed by atoms with Gasteiger partial charge < -0.3 is 4.90 Å². The summed E-state index contributed by atoms with van der Waals surface area (Å²) in [6.07, 6.45) is 3.72. The van der Waals surface area contributed by atoms with Gasteiger partial charge in [-0.1, -0.05) is 20.8 Å². The molecule has 7 nitrogen and oxygen atoms in total. The molecule has 4 heterocycles. The van der Waals surface area contributed by atoms with E-state index in [9.17, 15) is 0 Å². The van der Waals surface area contributed by atoms with E-state index in [1.807, 2.05) is 23.0 Å². The van der Waals surface area contributed by atoms with E-state index in [0.717, 1.165) is 50.0 Å². The fraction of sp³-hybridized carbons (Fsp3) is 0.474. The van der Waals surface area contributed by atoms with Crippen molar-refractivity contribution in [2.75, 3.05) is 31.1 Å². The first-order valence-electron chi connectivity index (χ1n) is 9.10. The molecule has 0 radical (unpaired) electrons. The molecule has 0 bridgehead atoms. The smallest absolute Gasteiger partial charge is 0.178 e. The lowest BCUT2D eigenvalue weighted by Crippen LogP contribution is -2.46. The number of anilines is 1. The number of aromatic nitrogens is 5. The molecule has 1 aliphatic heterocycles. The molecule has 0 spiro atoms. The summed E-state index contributed by atoms with van der Waals surface area (Å²) >= 11 is 0. The summed E-state index contributed by atoms with van der Waals surface area (Å²) in [5.74, 6) is 1.89. The Bertz CT molecular complexity index is 874. The Kier molecular flexibility index (Phi) is 4.32. The summed E-state index contributed by atoms with van der Waals surface area (Å²) in [4.78, 5) is 8.91. The van der Waals surface area contributed by atoms with Crippen molar-refractivity contribution in [3.63, 3.8) is 0 Å². The zero-order valence-corrected chi connectivity index (χ0v) is 15.6. The molecule has 0 aromatic carbocycles. The van der Waals surface area contributed by atoms with Gasteiger partial charge in [-0.3, -0.25) is 9.88 Å². The van der Waals surface area contributed by atoms with Crippen LogP contribution in [0.5, 0.6) is 0 Å². The van der Waals surface area contributed by atoms with Gasteiger partial charge >= 0.3 is 0 Å². The summed E-state index contributed by atoms with van der Waals surface area (Å²) in [6.45, 7) is 11.4. The van der Waals surface area contributed by atoms with Crippen LogP contribution in [0.4, 0.5) is 5.82 Å². The Balaban J connectivity index is 1.47. The Morgan fingerprint density at radius 1 is 0.923 bits per heavy atom. The van der Waals surface area contributed by atoms with Crippen molar-refractivity contribution in [2.45, 2.75) is 32.7 Å². The second kappa shape index (κ2) is 6.64. The van der Waals surface area contributed by atoms with Crippen molar-refractivity contribution in [3.05, 3.63) is 48.0 Å². The zero-order valence-electron chi connectivity index (χ0n) is 15.6. The highest BCUT2D eigenvalue weighted by Crippen LogP contribution is 2.22. The number of fused-ring (bicyclic) bond motifs is 1. The molecule has 0 N–H and O–H groups in total. The van der Waals surface area contributed by atoms with Gasteiger partial charge in [-0.2, -0.15) is 4.52 Å². The minimum absolute atomic E-state index is 0.0890. The van der Waals surface area contributed by atoms with Gasteiger partial charge in [0.1, 0.15) is 5.82 Å². The average molecular weight is 351 g/mol. The maximum Gasteiger partial charge on any atom is 0.178 e. The predicted octanol–water partition coefficient (Wildman–Crippen LogP) is 2.14. The molecule has 4 rings (SSSR count). The first-order chi connectivity index (χ1) is 12.5. The molecule has 1 aliphatic rings. The van der Waals surface area contributed by atoms with Crippen LogP contribution in [0.25, 0.3) is 5.65 Å². The van der Waals surface area contributed by atoms with Crippen LogP contribution in [0, 0.1) is 0 Å². The number of pyridine rings is 1. The third kappa shape index (κ3) is 3.39. The Morgan fingerprint density at radius 3 is 2.35 bits per heavy atom. The molecule has 0 atom stereocenters. The number of rotatable bonds is 3. The van der Waals surface area contributed by atoms with Crippen molar-refractivity contribution in [2.24, 2.45) is 0 Å². The van der Waals surface area contributed by atoms with E-state index < -0.39 is 0 Å². The lowest BCUT2D eigenvalue weighted by molar-refractivity contribution is 0.249. The standard InChI is InChI=1S/C19H25N7/c1-19(2,3)18-22-21-16-4-5-17(23-26(16)18)25-12-10-24(11-13-25)14-15-6-8-20-9-7-15/h4-9H,10-14H2,1-3H3. The first-order valence-corrected chi connectivity index (χ1v) is 9.10. The van der Waals surface area contributed by atoms with E-state index in [4.69, 9.17) is 5.10 Å². The monoisotopic (exact) mass is 351 g/mol. The molecule has 0 unspecified atom stereocenters. The molecule has 7 heteroatoms. The Hall–Kier alpha value is -2.54. The highest BCUT2D eigenvalue weighted by molar-refractivity contribution is 5.46. The third-order valence-corrected chi connectivity index (χ3v) is 4.77. The molecule has 26 heavy (non-hydrogen) atoms. The van der Waals surface area contributed by atoms with E-state index in [1.165, 1.54) is 5.56 Å². The Morgan fingerprint density at radius 2 is 1.65 bits per heavy atom. The van der Waals surface area contributed by atoms with Crippen LogP contribution in [0.15, 0.2) is 36.7 Å². The maximum atomic E-state index is 4.83. The Labute approximate surface area is 153 Å². The molecule has 0 aliphatic carbocycles. The van der Waals surface area contributed by atoms with Crippen LogP contribution in [-0.4, -0.2) is 55.9 Å². The van der Waals surface area contributed by atoms with Gasteiger partial charge in [0, 0.05) is 50.5 Å². The second-order valence-electron chi connectivity index (χ2n) is 7.85. The van der Waals surface area contributed by atoms with Crippen LogP contribution < -0.4 is 4.90 Å². The van der Waals surface area contributed by atoms with Crippen LogP contribution in [-0.2, 0) is 12.0 Å². The normalized spacial score (nSPS) is 16.3. The van der Waals surface area contributed by atoms with Gasteiger partial charge in [0.05, 0.1) is 0 Å². The van der Waals surface area contributed by atoms with E-state index in [-0.39, 0.29) is 5.41 Å². The van der Waals surface area contributed by atoms with Gasteiger partial charge in [-0.05, 0) is 29.8 Å². The number of nitrogens with zero attached hydrogens (tertiary/aromatic N) is 7. The van der Waals surface area contributed by atoms with Gasteiger partial charge in [0.15, 0.2) is 11.5 Å². The molecule has 0 saturated carbocycles. The van der Waals surface area contributed by atoms with Crippen LogP contribution >= 0.6 is 0 Å². The quantitative estimate of drug-likeness (QED) is 0.720. The van der Waals surface area contributed by atoms with Crippen LogP contribution in [0.1, 0.15) is 32.2 Å². The van der Waals surface area contributed by atoms with E-state index >= 15 is 0 Å². The van der Waals surface area contributed by atoms with Gasteiger partial charge in [-0.15, -0.1) is 15.3 Å². The SMILES string of the molecule is CC(C)(C)c1nnc2ccc(N3CCN(Cc4ccncc4)CC3)nn12. The molecule has 136 valence electrons. The third-order valence-electron chi connectivity index (χ3n) is 4.77. The largest absolute Gasteiger partial charge is 0.353 e. The van der Waals surface area contributed by atoms with E-state index in [0.29, 0.717) is 0 Å². The highest BCUT2D eigenvalue weighted by Gasteiger charge is 2.23. The minimum atomic E-state index is -0.0890. The van der Waals surface area contributed by atoms with Crippen LogP contribution in [0.3, 0.4) is 0 Å². The van der Waals surface area contributed by atoms with Gasteiger partial charge in [0.2, 0.25) is 0 Å². The molecule has 1 fully saturated rings. The molecule has 3 aromatic heterocycles. The summed E-state index contributed by atoms with van der Waals surface area (Å²) in [7, 11) is 0. The molecule has 0 amide bonds. The van der Waals surface area contributed by atoms with Crippen molar-refractivity contribution >= 4 is 11.5 Å². The summed E-state index contributed by atoms with van der Waals surface area (Å²) in [5.41, 5.74) is 2.02. The lowest BCUT2D eigenvalue weighted by Gasteiger charge is -2.35. The number of piperazine rings is 1. The molecule has 3 aromatic rings. The van der Waals surface area contributed by atoms with Crippen molar-refractivity contribution in [3.8, 4) is 0 Å². The maximum absolute atomic E-state index is 4.83. The summed E-state index contributed by atoms with van der Waals surface area (Å²) in [5, 5.41) is 13.4. The minimum Gasteiger partial charge on any atom is -0.353 e. The average Bonchev–Trinajstić information content (AvgIpc) is 3.07. The number of hydrogen-bond donors (Lipinski definition) is 0. The first kappa shape index (κ1) is 16.9. The topological polar surface area (TPSA) is 62.5 Å². The fourth-order valence-corrected chi connectivity index (χ4v) is 3.30. The van der Waals surface area contributed by atoms with Gasteiger partial charge in [0.25, 0.3) is 0 Å². The second-order valence-corrected chi connectivity index (χ2v) is 7.85. The predicted molar refractivity (Wildman–Crippen MR) is 101 cm³/mol. The highest BCUT2D eigenvalue weighted by atomic mass is 15.4.